The van der Waals surface area contributed by atoms with E-state index in [1.54, 1.807) is 9.80 Å². The van der Waals surface area contributed by atoms with E-state index in [1.165, 1.54) is 12.1 Å². The van der Waals surface area contributed by atoms with Gasteiger partial charge in [0.1, 0.15) is 5.82 Å². The molecule has 2 aliphatic rings. The lowest BCUT2D eigenvalue weighted by molar-refractivity contribution is 0.0665. The van der Waals surface area contributed by atoms with E-state index in [2.05, 4.69) is 5.32 Å². The van der Waals surface area contributed by atoms with Crippen LogP contribution < -0.4 is 5.32 Å². The van der Waals surface area contributed by atoms with Gasteiger partial charge in [-0.25, -0.2) is 9.18 Å². The average molecular weight is 326 g/mol. The van der Waals surface area contributed by atoms with E-state index in [0.29, 0.717) is 37.8 Å². The highest BCUT2D eigenvalue weighted by Gasteiger charge is 2.29. The van der Waals surface area contributed by atoms with Gasteiger partial charge in [0.05, 0.1) is 10.6 Å². The van der Waals surface area contributed by atoms with Crippen LogP contribution in [0.25, 0.3) is 0 Å². The van der Waals surface area contributed by atoms with Crippen LogP contribution in [0.4, 0.5) is 9.18 Å². The van der Waals surface area contributed by atoms with Crippen molar-refractivity contribution < 1.29 is 14.0 Å². The summed E-state index contributed by atoms with van der Waals surface area (Å²) in [5, 5.41) is 3.05. The Kier molecular flexibility index (Phi) is 4.20. The number of benzene rings is 1. The summed E-state index contributed by atoms with van der Waals surface area (Å²) in [4.78, 5) is 27.7. The topological polar surface area (TPSA) is 52.7 Å². The van der Waals surface area contributed by atoms with Crippen LogP contribution >= 0.6 is 11.6 Å². The van der Waals surface area contributed by atoms with Crippen LogP contribution in [-0.2, 0) is 0 Å². The van der Waals surface area contributed by atoms with E-state index in [-0.39, 0.29) is 17.0 Å². The summed E-state index contributed by atoms with van der Waals surface area (Å²) < 4.78 is 13.0. The van der Waals surface area contributed by atoms with Crippen molar-refractivity contribution in [3.8, 4) is 0 Å². The molecule has 1 saturated heterocycles. The molecule has 1 aliphatic heterocycles. The van der Waals surface area contributed by atoms with Crippen LogP contribution in [0.15, 0.2) is 18.2 Å². The molecule has 0 bridgehead atoms. The summed E-state index contributed by atoms with van der Waals surface area (Å²) in [6.07, 6.45) is 2.10. The molecule has 0 unspecified atom stereocenters. The number of rotatable bonds is 2. The minimum Gasteiger partial charge on any atom is -0.335 e. The Hall–Kier alpha value is -1.82. The third-order valence-corrected chi connectivity index (χ3v) is 4.23. The molecular weight excluding hydrogens is 309 g/mol. The van der Waals surface area contributed by atoms with E-state index in [9.17, 15) is 14.0 Å². The van der Waals surface area contributed by atoms with Crippen molar-refractivity contribution in [3.63, 3.8) is 0 Å². The van der Waals surface area contributed by atoms with Gasteiger partial charge in [-0.1, -0.05) is 11.6 Å². The maximum atomic E-state index is 13.0. The van der Waals surface area contributed by atoms with Gasteiger partial charge < -0.3 is 15.1 Å². The Bertz CT molecular complexity index is 598. The number of amides is 3. The van der Waals surface area contributed by atoms with Crippen molar-refractivity contribution in [3.05, 3.63) is 34.6 Å². The van der Waals surface area contributed by atoms with Gasteiger partial charge in [-0.2, -0.15) is 0 Å². The lowest BCUT2D eigenvalue weighted by Crippen LogP contribution is -2.53. The molecule has 22 heavy (non-hydrogen) atoms. The van der Waals surface area contributed by atoms with Gasteiger partial charge in [-0.05, 0) is 31.0 Å². The Morgan fingerprint density at radius 1 is 1.14 bits per heavy atom. The van der Waals surface area contributed by atoms with Crippen LogP contribution in [0, 0.1) is 5.82 Å². The van der Waals surface area contributed by atoms with Crippen LogP contribution in [0.5, 0.6) is 0 Å². The van der Waals surface area contributed by atoms with Gasteiger partial charge >= 0.3 is 6.03 Å². The van der Waals surface area contributed by atoms with Crippen molar-refractivity contribution in [2.24, 2.45) is 0 Å². The fourth-order valence-corrected chi connectivity index (χ4v) is 2.69. The second kappa shape index (κ2) is 6.12. The van der Waals surface area contributed by atoms with E-state index < -0.39 is 5.82 Å². The zero-order valence-electron chi connectivity index (χ0n) is 12.0. The van der Waals surface area contributed by atoms with Gasteiger partial charge in [-0.3, -0.25) is 4.79 Å². The van der Waals surface area contributed by atoms with Crippen LogP contribution in [-0.4, -0.2) is 54.0 Å². The molecule has 1 aromatic carbocycles. The fraction of sp³-hybridized carbons (Fsp3) is 0.467. The highest BCUT2D eigenvalue weighted by molar-refractivity contribution is 6.33. The standard InChI is InChI=1S/C15H17ClFN3O2/c16-13-9-10(17)1-4-12(13)14(21)19-5-7-20(8-6-19)15(22)18-11-2-3-11/h1,4,9,11H,2-3,5-8H2,(H,18,22). The molecule has 1 aliphatic carbocycles. The Balaban J connectivity index is 1.58. The first kappa shape index (κ1) is 15.1. The molecule has 2 fully saturated rings. The monoisotopic (exact) mass is 325 g/mol. The third kappa shape index (κ3) is 3.32. The van der Waals surface area contributed by atoms with E-state index >= 15 is 0 Å². The number of urea groups is 1. The quantitative estimate of drug-likeness (QED) is 0.905. The molecule has 1 heterocycles. The summed E-state index contributed by atoms with van der Waals surface area (Å²) in [6, 6.07) is 4.01. The zero-order valence-corrected chi connectivity index (χ0v) is 12.8. The number of nitrogens with one attached hydrogen (secondary N) is 1. The van der Waals surface area contributed by atoms with E-state index in [0.717, 1.165) is 18.9 Å². The molecule has 0 radical (unpaired) electrons. The zero-order chi connectivity index (χ0) is 15.7. The van der Waals surface area contributed by atoms with Crippen molar-refractivity contribution in [1.82, 2.24) is 15.1 Å². The second-order valence-electron chi connectivity index (χ2n) is 5.63. The number of nitrogens with zero attached hydrogens (tertiary/aromatic N) is 2. The highest BCUT2D eigenvalue weighted by Crippen LogP contribution is 2.21. The first-order chi connectivity index (χ1) is 10.5. The Morgan fingerprint density at radius 2 is 1.77 bits per heavy atom. The van der Waals surface area contributed by atoms with Gasteiger partial charge in [0.15, 0.2) is 0 Å². The fourth-order valence-electron chi connectivity index (χ4n) is 2.44. The largest absolute Gasteiger partial charge is 0.335 e. The van der Waals surface area contributed by atoms with E-state index in [4.69, 9.17) is 11.6 Å². The van der Waals surface area contributed by atoms with Crippen molar-refractivity contribution in [2.45, 2.75) is 18.9 Å². The van der Waals surface area contributed by atoms with E-state index in [1.807, 2.05) is 0 Å². The maximum Gasteiger partial charge on any atom is 0.317 e. The number of hydrogen-bond donors (Lipinski definition) is 1. The van der Waals surface area contributed by atoms with Crippen LogP contribution in [0.1, 0.15) is 23.2 Å². The number of halogens is 2. The molecule has 1 N–H and O–H groups in total. The minimum absolute atomic E-state index is 0.0607. The van der Waals surface area contributed by atoms with Gasteiger partial charge in [0, 0.05) is 32.2 Å². The molecule has 3 rings (SSSR count). The van der Waals surface area contributed by atoms with Gasteiger partial charge in [0.2, 0.25) is 0 Å². The molecular formula is C15H17ClFN3O2. The first-order valence-corrected chi connectivity index (χ1v) is 7.72. The highest BCUT2D eigenvalue weighted by atomic mass is 35.5. The summed E-state index contributed by atoms with van der Waals surface area (Å²) in [6.45, 7) is 1.88. The second-order valence-corrected chi connectivity index (χ2v) is 6.03. The molecule has 7 heteroatoms. The molecule has 0 aromatic heterocycles. The van der Waals surface area contributed by atoms with Crippen molar-refractivity contribution >= 4 is 23.5 Å². The molecule has 0 atom stereocenters. The summed E-state index contributed by atoms with van der Waals surface area (Å²) >= 11 is 5.92. The van der Waals surface area contributed by atoms with Gasteiger partial charge in [-0.15, -0.1) is 0 Å². The van der Waals surface area contributed by atoms with Crippen LogP contribution in [0.3, 0.4) is 0 Å². The summed E-state index contributed by atoms with van der Waals surface area (Å²) in [5.74, 6) is -0.699. The minimum atomic E-state index is -0.469. The number of hydrogen-bond acceptors (Lipinski definition) is 2. The SMILES string of the molecule is O=C(NC1CC1)N1CCN(C(=O)c2ccc(F)cc2Cl)CC1. The number of carbonyl (C=O) groups is 2. The lowest BCUT2D eigenvalue weighted by atomic mass is 10.1. The number of piperazine rings is 1. The Morgan fingerprint density at radius 3 is 2.36 bits per heavy atom. The smallest absolute Gasteiger partial charge is 0.317 e. The third-order valence-electron chi connectivity index (χ3n) is 3.92. The maximum absolute atomic E-state index is 13.0. The lowest BCUT2D eigenvalue weighted by Gasteiger charge is -2.34. The summed E-state index contributed by atoms with van der Waals surface area (Å²) in [5.41, 5.74) is 0.291. The molecule has 3 amide bonds. The van der Waals surface area contributed by atoms with Crippen molar-refractivity contribution in [1.29, 1.82) is 0 Å². The predicted molar refractivity (Wildman–Crippen MR) is 80.4 cm³/mol. The normalized spacial score (nSPS) is 18.3. The summed E-state index contributed by atoms with van der Waals surface area (Å²) in [7, 11) is 0. The molecule has 0 spiro atoms. The van der Waals surface area contributed by atoms with Gasteiger partial charge in [0.25, 0.3) is 5.91 Å². The number of carbonyl (C=O) groups excluding carboxylic acids is 2. The first-order valence-electron chi connectivity index (χ1n) is 7.34. The molecule has 5 nitrogen and oxygen atoms in total. The average Bonchev–Trinajstić information content (AvgIpc) is 3.31. The molecule has 1 aromatic rings. The predicted octanol–water partition coefficient (Wildman–Crippen LogP) is 2.11. The van der Waals surface area contributed by atoms with Crippen molar-refractivity contribution in [2.75, 3.05) is 26.2 Å². The molecule has 1 saturated carbocycles. The molecule has 118 valence electrons. The van der Waals surface area contributed by atoms with Crippen LogP contribution in [0.2, 0.25) is 5.02 Å². The Labute approximate surface area is 133 Å².